The van der Waals surface area contributed by atoms with Gasteiger partial charge in [-0.15, -0.1) is 0 Å². The van der Waals surface area contributed by atoms with Gasteiger partial charge in [0.2, 0.25) is 0 Å². The molecule has 0 amide bonds. The zero-order chi connectivity index (χ0) is 15.2. The van der Waals surface area contributed by atoms with Crippen molar-refractivity contribution in [3.8, 4) is 11.5 Å². The monoisotopic (exact) mass is 300 g/mol. The van der Waals surface area contributed by atoms with Crippen molar-refractivity contribution >= 4 is 0 Å². The van der Waals surface area contributed by atoms with E-state index in [0.717, 1.165) is 43.2 Å². The fourth-order valence-corrected chi connectivity index (χ4v) is 2.77. The molecule has 1 N–H and O–H groups in total. The van der Waals surface area contributed by atoms with Gasteiger partial charge in [0.15, 0.2) is 0 Å². The van der Waals surface area contributed by atoms with Crippen LogP contribution in [0.2, 0.25) is 0 Å². The van der Waals surface area contributed by atoms with E-state index < -0.39 is 0 Å². The Kier molecular flexibility index (Phi) is 5.03. The lowest BCUT2D eigenvalue weighted by atomic mass is 10.1. The van der Waals surface area contributed by atoms with Crippen LogP contribution in [-0.4, -0.2) is 37.8 Å². The summed E-state index contributed by atoms with van der Waals surface area (Å²) in [4.78, 5) is 2.20. The Balaban J connectivity index is 1.69. The van der Waals surface area contributed by atoms with Crippen LogP contribution in [0.15, 0.2) is 54.6 Å². The summed E-state index contributed by atoms with van der Waals surface area (Å²) < 4.78 is 19.3. The normalized spacial score (nSPS) is 17.1. The molecule has 1 aliphatic heterocycles. The molecular formula is C18H21FN2O. The molecular weight excluding hydrogens is 279 g/mol. The molecule has 4 heteroatoms. The molecule has 1 atom stereocenters. The summed E-state index contributed by atoms with van der Waals surface area (Å²) in [5.74, 6) is 1.58. The Labute approximate surface area is 130 Å². The Bertz CT molecular complexity index is 567. The molecule has 0 bridgehead atoms. The molecule has 0 unspecified atom stereocenters. The van der Waals surface area contributed by atoms with Crippen molar-refractivity contribution in [2.24, 2.45) is 0 Å². The number of halogens is 1. The second-order valence-corrected chi connectivity index (χ2v) is 5.44. The number of ether oxygens (including phenoxy) is 1. The molecule has 3 rings (SSSR count). The molecule has 2 aromatic carbocycles. The van der Waals surface area contributed by atoms with E-state index in [1.54, 1.807) is 0 Å². The van der Waals surface area contributed by atoms with Gasteiger partial charge < -0.3 is 10.1 Å². The number of nitrogens with zero attached hydrogens (tertiary/aromatic N) is 1. The lowest BCUT2D eigenvalue weighted by Gasteiger charge is -2.33. The summed E-state index contributed by atoms with van der Waals surface area (Å²) >= 11 is 0. The van der Waals surface area contributed by atoms with Gasteiger partial charge in [-0.3, -0.25) is 4.90 Å². The highest BCUT2D eigenvalue weighted by Gasteiger charge is 2.21. The molecule has 22 heavy (non-hydrogen) atoms. The Morgan fingerprint density at radius 1 is 0.955 bits per heavy atom. The van der Waals surface area contributed by atoms with Crippen molar-refractivity contribution in [3.63, 3.8) is 0 Å². The first-order valence-electron chi connectivity index (χ1n) is 7.70. The fraction of sp³-hybridized carbons (Fsp3) is 0.333. The minimum Gasteiger partial charge on any atom is -0.457 e. The van der Waals surface area contributed by atoms with E-state index >= 15 is 0 Å². The molecule has 1 fully saturated rings. The summed E-state index contributed by atoms with van der Waals surface area (Å²) in [6, 6.07) is 17.2. The molecule has 1 saturated heterocycles. The van der Waals surface area contributed by atoms with E-state index in [1.807, 2.05) is 54.6 Å². The number of hydrogen-bond acceptors (Lipinski definition) is 3. The van der Waals surface area contributed by atoms with Crippen LogP contribution in [0.4, 0.5) is 4.39 Å². The zero-order valence-electron chi connectivity index (χ0n) is 12.5. The molecule has 0 spiro atoms. The van der Waals surface area contributed by atoms with Gasteiger partial charge >= 0.3 is 0 Å². The number of hydrogen-bond donors (Lipinski definition) is 1. The zero-order valence-corrected chi connectivity index (χ0v) is 12.5. The highest BCUT2D eigenvalue weighted by atomic mass is 19.1. The van der Waals surface area contributed by atoms with Gasteiger partial charge in [0.25, 0.3) is 0 Å². The fourth-order valence-electron chi connectivity index (χ4n) is 2.77. The van der Waals surface area contributed by atoms with Crippen molar-refractivity contribution in [2.75, 3.05) is 32.9 Å². The number of piperazine rings is 1. The average Bonchev–Trinajstić information content (AvgIpc) is 2.59. The van der Waals surface area contributed by atoms with E-state index in [1.165, 1.54) is 0 Å². The number of nitrogens with one attached hydrogen (secondary N) is 1. The summed E-state index contributed by atoms with van der Waals surface area (Å²) in [6.07, 6.45) is 0. The summed E-state index contributed by atoms with van der Waals surface area (Å²) in [6.45, 7) is 3.25. The first-order valence-corrected chi connectivity index (χ1v) is 7.70. The predicted octanol–water partition coefficient (Wildman–Crippen LogP) is 3.39. The Morgan fingerprint density at radius 2 is 1.59 bits per heavy atom. The predicted molar refractivity (Wildman–Crippen MR) is 86.1 cm³/mol. The van der Waals surface area contributed by atoms with E-state index in [2.05, 4.69) is 10.2 Å². The molecule has 0 radical (unpaired) electrons. The van der Waals surface area contributed by atoms with Crippen molar-refractivity contribution in [2.45, 2.75) is 6.04 Å². The van der Waals surface area contributed by atoms with Crippen LogP contribution in [0.1, 0.15) is 11.6 Å². The largest absolute Gasteiger partial charge is 0.457 e. The summed E-state index contributed by atoms with van der Waals surface area (Å²) in [5.41, 5.74) is 1.00. The third-order valence-electron chi connectivity index (χ3n) is 3.98. The number of alkyl halides is 1. The van der Waals surface area contributed by atoms with Crippen LogP contribution in [0.3, 0.4) is 0 Å². The Hall–Kier alpha value is -1.91. The lowest BCUT2D eigenvalue weighted by molar-refractivity contribution is 0.147. The van der Waals surface area contributed by atoms with Crippen LogP contribution in [0.5, 0.6) is 11.5 Å². The van der Waals surface area contributed by atoms with Gasteiger partial charge in [0.05, 0.1) is 6.04 Å². The van der Waals surface area contributed by atoms with E-state index in [9.17, 15) is 4.39 Å². The third kappa shape index (κ3) is 3.64. The minimum absolute atomic E-state index is 0.159. The molecule has 0 aromatic heterocycles. The van der Waals surface area contributed by atoms with Gasteiger partial charge in [-0.2, -0.15) is 0 Å². The van der Waals surface area contributed by atoms with Crippen LogP contribution >= 0.6 is 0 Å². The first-order chi connectivity index (χ1) is 10.9. The van der Waals surface area contributed by atoms with Crippen molar-refractivity contribution in [1.82, 2.24) is 10.2 Å². The summed E-state index contributed by atoms with van der Waals surface area (Å²) in [5, 5.41) is 3.30. The highest BCUT2D eigenvalue weighted by Crippen LogP contribution is 2.26. The molecule has 1 heterocycles. The van der Waals surface area contributed by atoms with Gasteiger partial charge in [-0.1, -0.05) is 30.3 Å². The van der Waals surface area contributed by atoms with Crippen molar-refractivity contribution < 1.29 is 9.13 Å². The maximum atomic E-state index is 13.5. The number of para-hydroxylation sites is 1. The van der Waals surface area contributed by atoms with E-state index in [-0.39, 0.29) is 12.7 Å². The maximum absolute atomic E-state index is 13.5. The molecule has 1 aliphatic rings. The molecule has 116 valence electrons. The first kappa shape index (κ1) is 15.0. The second-order valence-electron chi connectivity index (χ2n) is 5.44. The number of benzene rings is 2. The van der Waals surface area contributed by atoms with Crippen LogP contribution in [0, 0.1) is 0 Å². The highest BCUT2D eigenvalue weighted by molar-refractivity contribution is 5.34. The van der Waals surface area contributed by atoms with Crippen LogP contribution in [0.25, 0.3) is 0 Å². The van der Waals surface area contributed by atoms with Crippen molar-refractivity contribution in [1.29, 1.82) is 0 Å². The second kappa shape index (κ2) is 7.38. The van der Waals surface area contributed by atoms with Gasteiger partial charge in [0, 0.05) is 26.2 Å². The molecule has 3 nitrogen and oxygen atoms in total. The van der Waals surface area contributed by atoms with Gasteiger partial charge in [0.1, 0.15) is 18.2 Å². The quantitative estimate of drug-likeness (QED) is 0.916. The average molecular weight is 300 g/mol. The van der Waals surface area contributed by atoms with Gasteiger partial charge in [-0.05, 0) is 29.8 Å². The standard InChI is InChI=1S/C18H21FN2O/c19-14-18(21-12-10-20-11-13-21)15-6-8-17(9-7-15)22-16-4-2-1-3-5-16/h1-9,18,20H,10-14H2/t18-/m1/s1. The SMILES string of the molecule is FC[C@H](c1ccc(Oc2ccccc2)cc1)N1CCNCC1. The number of rotatable bonds is 5. The third-order valence-corrected chi connectivity index (χ3v) is 3.98. The Morgan fingerprint density at radius 3 is 2.23 bits per heavy atom. The smallest absolute Gasteiger partial charge is 0.127 e. The van der Waals surface area contributed by atoms with Crippen LogP contribution in [-0.2, 0) is 0 Å². The van der Waals surface area contributed by atoms with E-state index in [0.29, 0.717) is 0 Å². The minimum atomic E-state index is -0.362. The topological polar surface area (TPSA) is 24.5 Å². The van der Waals surface area contributed by atoms with Crippen molar-refractivity contribution in [3.05, 3.63) is 60.2 Å². The maximum Gasteiger partial charge on any atom is 0.127 e. The summed E-state index contributed by atoms with van der Waals surface area (Å²) in [7, 11) is 0. The van der Waals surface area contributed by atoms with Gasteiger partial charge in [-0.25, -0.2) is 4.39 Å². The van der Waals surface area contributed by atoms with Crippen LogP contribution < -0.4 is 10.1 Å². The van der Waals surface area contributed by atoms with E-state index in [4.69, 9.17) is 4.74 Å². The molecule has 0 aliphatic carbocycles. The molecule has 0 saturated carbocycles. The molecule has 2 aromatic rings. The lowest BCUT2D eigenvalue weighted by Crippen LogP contribution is -2.45.